The van der Waals surface area contributed by atoms with Gasteiger partial charge in [0.05, 0.1) is 12.7 Å². The molecule has 0 radical (unpaired) electrons. The highest BCUT2D eigenvalue weighted by molar-refractivity contribution is 5.60. The molecule has 0 aliphatic rings. The van der Waals surface area contributed by atoms with Gasteiger partial charge in [-0.25, -0.2) is 0 Å². The maximum Gasteiger partial charge on any atom is 0.417 e. The van der Waals surface area contributed by atoms with E-state index in [1.807, 2.05) is 0 Å². The van der Waals surface area contributed by atoms with Crippen LogP contribution in [-0.4, -0.2) is 28.4 Å². The predicted octanol–water partition coefficient (Wildman–Crippen LogP) is 3.58. The summed E-state index contributed by atoms with van der Waals surface area (Å²) in [6, 6.07) is 5.36. The highest BCUT2D eigenvalue weighted by Crippen LogP contribution is 2.32. The van der Waals surface area contributed by atoms with Gasteiger partial charge in [0.1, 0.15) is 6.54 Å². The number of hydrogen-bond acceptors (Lipinski definition) is 6. The normalized spacial score (nSPS) is 11.7. The summed E-state index contributed by atoms with van der Waals surface area (Å²) >= 11 is 0. The zero-order valence-corrected chi connectivity index (χ0v) is 14.6. The lowest BCUT2D eigenvalue weighted by Gasteiger charge is -2.10. The molecule has 0 bridgehead atoms. The molecular weight excluding hydrogens is 405 g/mol. The molecule has 0 spiro atoms. The first-order chi connectivity index (χ1) is 13.7. The molecular formula is C17H12F5N3O4. The zero-order chi connectivity index (χ0) is 21.2. The number of nitrogens with zero attached hydrogens (tertiary/aromatic N) is 3. The number of rotatable bonds is 6. The first-order valence-electron chi connectivity index (χ1n) is 7.91. The summed E-state index contributed by atoms with van der Waals surface area (Å²) in [4.78, 5) is 15.8. The third-order valence-electron chi connectivity index (χ3n) is 3.72. The number of aromatic nitrogens is 3. The van der Waals surface area contributed by atoms with Crippen molar-refractivity contribution >= 4 is 0 Å². The molecule has 0 saturated heterocycles. The van der Waals surface area contributed by atoms with Gasteiger partial charge in [-0.15, -0.1) is 0 Å². The van der Waals surface area contributed by atoms with Crippen molar-refractivity contribution in [1.82, 2.24) is 14.7 Å². The molecule has 154 valence electrons. The van der Waals surface area contributed by atoms with Crippen LogP contribution in [0.3, 0.4) is 0 Å². The standard InChI is InChI=1S/C17H12F5N3O4/c1-27-12-6-9(2-4-11(12)28-16(18)19)15-23-13(29-24-15)8-25-7-10(17(20,21)22)3-5-14(25)26/h2-7,16H,8H2,1H3. The molecule has 2 aromatic heterocycles. The lowest BCUT2D eigenvalue weighted by Crippen LogP contribution is -2.22. The summed E-state index contributed by atoms with van der Waals surface area (Å²) in [7, 11) is 1.25. The number of methoxy groups -OCH3 is 1. The first kappa shape index (κ1) is 20.3. The van der Waals surface area contributed by atoms with Crippen LogP contribution in [0.1, 0.15) is 11.5 Å². The van der Waals surface area contributed by atoms with Crippen molar-refractivity contribution < 1.29 is 35.9 Å². The van der Waals surface area contributed by atoms with Crippen LogP contribution in [0.2, 0.25) is 0 Å². The molecule has 7 nitrogen and oxygen atoms in total. The Labute approximate surface area is 159 Å². The lowest BCUT2D eigenvalue weighted by molar-refractivity contribution is -0.138. The minimum Gasteiger partial charge on any atom is -0.493 e. The topological polar surface area (TPSA) is 79.4 Å². The number of ether oxygens (including phenoxy) is 2. The summed E-state index contributed by atoms with van der Waals surface area (Å²) in [5.74, 6) is -0.330. The molecule has 0 aliphatic carbocycles. The highest BCUT2D eigenvalue weighted by Gasteiger charge is 2.31. The number of hydrogen-bond donors (Lipinski definition) is 0. The van der Waals surface area contributed by atoms with Gasteiger partial charge < -0.3 is 18.6 Å². The Morgan fingerprint density at radius 3 is 2.59 bits per heavy atom. The molecule has 3 aromatic rings. The SMILES string of the molecule is COc1cc(-c2noc(Cn3cc(C(F)(F)F)ccc3=O)n2)ccc1OC(F)F. The van der Waals surface area contributed by atoms with E-state index >= 15 is 0 Å². The largest absolute Gasteiger partial charge is 0.493 e. The lowest BCUT2D eigenvalue weighted by atomic mass is 10.2. The van der Waals surface area contributed by atoms with Crippen molar-refractivity contribution in [3.8, 4) is 22.9 Å². The predicted molar refractivity (Wildman–Crippen MR) is 87.7 cm³/mol. The smallest absolute Gasteiger partial charge is 0.417 e. The molecule has 12 heteroatoms. The summed E-state index contributed by atoms with van der Waals surface area (Å²) in [5.41, 5.74) is -1.38. The second-order valence-corrected chi connectivity index (χ2v) is 5.64. The van der Waals surface area contributed by atoms with Gasteiger partial charge in [0.2, 0.25) is 11.7 Å². The molecule has 3 rings (SSSR count). The summed E-state index contributed by atoms with van der Waals surface area (Å²) in [5, 5.41) is 3.68. The van der Waals surface area contributed by atoms with Crippen LogP contribution in [0, 0.1) is 0 Å². The fraction of sp³-hybridized carbons (Fsp3) is 0.235. The first-order valence-corrected chi connectivity index (χ1v) is 7.91. The van der Waals surface area contributed by atoms with Crippen molar-refractivity contribution in [2.75, 3.05) is 7.11 Å². The Morgan fingerprint density at radius 2 is 1.93 bits per heavy atom. The van der Waals surface area contributed by atoms with Crippen molar-refractivity contribution in [3.05, 3.63) is 58.3 Å². The van der Waals surface area contributed by atoms with E-state index in [-0.39, 0.29) is 29.8 Å². The Bertz CT molecular complexity index is 1060. The Morgan fingerprint density at radius 1 is 1.17 bits per heavy atom. The minimum absolute atomic E-state index is 0.0109. The molecule has 0 fully saturated rings. The molecule has 0 N–H and O–H groups in total. The van der Waals surface area contributed by atoms with Gasteiger partial charge in [-0.2, -0.15) is 26.9 Å². The van der Waals surface area contributed by atoms with Crippen LogP contribution >= 0.6 is 0 Å². The fourth-order valence-corrected chi connectivity index (χ4v) is 2.40. The van der Waals surface area contributed by atoms with Crippen molar-refractivity contribution in [3.63, 3.8) is 0 Å². The monoisotopic (exact) mass is 417 g/mol. The van der Waals surface area contributed by atoms with Crippen LogP contribution in [-0.2, 0) is 12.7 Å². The maximum absolute atomic E-state index is 12.8. The van der Waals surface area contributed by atoms with Gasteiger partial charge in [-0.3, -0.25) is 4.79 Å². The van der Waals surface area contributed by atoms with Gasteiger partial charge in [0, 0.05) is 17.8 Å². The second-order valence-electron chi connectivity index (χ2n) is 5.64. The van der Waals surface area contributed by atoms with E-state index in [1.54, 1.807) is 0 Å². The molecule has 1 aromatic carbocycles. The van der Waals surface area contributed by atoms with Gasteiger partial charge in [0.15, 0.2) is 11.5 Å². The number of alkyl halides is 5. The van der Waals surface area contributed by atoms with Crippen LogP contribution in [0.5, 0.6) is 11.5 Å². The second kappa shape index (κ2) is 7.89. The van der Waals surface area contributed by atoms with Gasteiger partial charge in [0.25, 0.3) is 5.56 Å². The molecule has 0 saturated carbocycles. The zero-order valence-electron chi connectivity index (χ0n) is 14.6. The third kappa shape index (κ3) is 4.70. The van der Waals surface area contributed by atoms with E-state index in [0.717, 1.165) is 10.6 Å². The van der Waals surface area contributed by atoms with Crippen molar-refractivity contribution in [2.24, 2.45) is 0 Å². The maximum atomic E-state index is 12.8. The van der Waals surface area contributed by atoms with Crippen LogP contribution in [0.4, 0.5) is 22.0 Å². The molecule has 0 unspecified atom stereocenters. The Hall–Kier alpha value is -3.44. The average Bonchev–Trinajstić information content (AvgIpc) is 3.11. The number of benzene rings is 1. The quantitative estimate of drug-likeness (QED) is 0.571. The third-order valence-corrected chi connectivity index (χ3v) is 3.72. The molecule has 29 heavy (non-hydrogen) atoms. The van der Waals surface area contributed by atoms with Crippen molar-refractivity contribution in [2.45, 2.75) is 19.3 Å². The molecule has 0 atom stereocenters. The van der Waals surface area contributed by atoms with E-state index in [9.17, 15) is 26.7 Å². The summed E-state index contributed by atoms with van der Waals surface area (Å²) in [6.45, 7) is -3.43. The summed E-state index contributed by atoms with van der Waals surface area (Å²) < 4.78 is 78.3. The average molecular weight is 417 g/mol. The summed E-state index contributed by atoms with van der Waals surface area (Å²) in [6.07, 6.45) is -3.97. The fourth-order valence-electron chi connectivity index (χ4n) is 2.40. The Kier molecular flexibility index (Phi) is 5.52. The van der Waals surface area contributed by atoms with Crippen LogP contribution < -0.4 is 15.0 Å². The van der Waals surface area contributed by atoms with Crippen molar-refractivity contribution in [1.29, 1.82) is 0 Å². The molecule has 2 heterocycles. The van der Waals surface area contributed by atoms with E-state index in [4.69, 9.17) is 9.26 Å². The van der Waals surface area contributed by atoms with Crippen LogP contribution in [0.25, 0.3) is 11.4 Å². The molecule has 0 aliphatic heterocycles. The van der Waals surface area contributed by atoms with Gasteiger partial charge in [-0.05, 0) is 24.3 Å². The van der Waals surface area contributed by atoms with E-state index in [2.05, 4.69) is 14.9 Å². The van der Waals surface area contributed by atoms with E-state index in [0.29, 0.717) is 17.8 Å². The van der Waals surface area contributed by atoms with E-state index < -0.39 is 23.9 Å². The van der Waals surface area contributed by atoms with Crippen LogP contribution in [0.15, 0.2) is 45.8 Å². The van der Waals surface area contributed by atoms with E-state index in [1.165, 1.54) is 25.3 Å². The highest BCUT2D eigenvalue weighted by atomic mass is 19.4. The van der Waals surface area contributed by atoms with Gasteiger partial charge in [-0.1, -0.05) is 5.16 Å². The number of halogens is 5. The Balaban J connectivity index is 1.86. The minimum atomic E-state index is -4.62. The number of pyridine rings is 1. The van der Waals surface area contributed by atoms with Gasteiger partial charge >= 0.3 is 12.8 Å². The molecule has 0 amide bonds.